The Morgan fingerprint density at radius 3 is 2.29 bits per heavy atom. The first-order chi connectivity index (χ1) is 14.9. The van der Waals surface area contributed by atoms with Crippen molar-refractivity contribution in [2.45, 2.75) is 24.5 Å². The summed E-state index contributed by atoms with van der Waals surface area (Å²) in [5, 5.41) is 30.7. The van der Waals surface area contributed by atoms with Crippen molar-refractivity contribution in [3.63, 3.8) is 0 Å². The third-order valence-electron chi connectivity index (χ3n) is 5.41. The van der Waals surface area contributed by atoms with Crippen molar-refractivity contribution in [1.29, 1.82) is 0 Å². The molecule has 31 heavy (non-hydrogen) atoms. The lowest BCUT2D eigenvalue weighted by Gasteiger charge is -2.17. The first-order valence-corrected chi connectivity index (χ1v) is 9.49. The summed E-state index contributed by atoms with van der Waals surface area (Å²) in [7, 11) is 4.54. The van der Waals surface area contributed by atoms with Gasteiger partial charge in [0, 0.05) is 11.8 Å². The van der Waals surface area contributed by atoms with E-state index in [0.717, 1.165) is 0 Å². The van der Waals surface area contributed by atoms with Crippen molar-refractivity contribution >= 4 is 16.9 Å². The maximum atomic E-state index is 10.5. The summed E-state index contributed by atoms with van der Waals surface area (Å²) >= 11 is 0. The smallest absolute Gasteiger partial charge is 0.203 e. The monoisotopic (exact) mass is 432 g/mol. The van der Waals surface area contributed by atoms with Crippen LogP contribution in [0, 0.1) is 0 Å². The molecule has 11 heteroatoms. The number of aliphatic hydroxyl groups excluding tert-OH is 3. The highest BCUT2D eigenvalue weighted by atomic mass is 16.6. The highest BCUT2D eigenvalue weighted by Crippen LogP contribution is 2.44. The number of nitrogen functional groups attached to an aromatic ring is 1. The lowest BCUT2D eigenvalue weighted by Crippen LogP contribution is -2.33. The fraction of sp³-hybridized carbons (Fsp3) is 0.400. The van der Waals surface area contributed by atoms with Crippen LogP contribution in [0.5, 0.6) is 17.2 Å². The quantitative estimate of drug-likeness (QED) is 0.428. The van der Waals surface area contributed by atoms with E-state index in [2.05, 4.69) is 9.97 Å². The molecule has 3 heterocycles. The number of anilines is 1. The highest BCUT2D eigenvalue weighted by molar-refractivity contribution is 6.01. The Balaban J connectivity index is 1.93. The van der Waals surface area contributed by atoms with Crippen LogP contribution in [0.3, 0.4) is 0 Å². The Kier molecular flexibility index (Phi) is 5.58. The van der Waals surface area contributed by atoms with Crippen LogP contribution in [0.15, 0.2) is 24.7 Å². The number of aliphatic hydroxyl groups is 3. The van der Waals surface area contributed by atoms with Gasteiger partial charge in [-0.25, -0.2) is 9.97 Å². The second kappa shape index (κ2) is 8.19. The molecule has 2 aromatic heterocycles. The van der Waals surface area contributed by atoms with Crippen LogP contribution in [0.2, 0.25) is 0 Å². The van der Waals surface area contributed by atoms with E-state index in [0.29, 0.717) is 39.4 Å². The van der Waals surface area contributed by atoms with Crippen LogP contribution in [-0.2, 0) is 4.74 Å². The van der Waals surface area contributed by atoms with Gasteiger partial charge in [-0.2, -0.15) is 0 Å². The molecule has 11 nitrogen and oxygen atoms in total. The maximum Gasteiger partial charge on any atom is 0.203 e. The number of fused-ring (bicyclic) bond motifs is 1. The summed E-state index contributed by atoms with van der Waals surface area (Å²) in [4.78, 5) is 8.40. The zero-order chi connectivity index (χ0) is 22.3. The topological polar surface area (TPSA) is 154 Å². The fourth-order valence-corrected chi connectivity index (χ4v) is 3.87. The molecule has 0 amide bonds. The molecule has 4 atom stereocenters. The molecular formula is C20H24N4O7. The van der Waals surface area contributed by atoms with Gasteiger partial charge < -0.3 is 44.6 Å². The Morgan fingerprint density at radius 1 is 1.06 bits per heavy atom. The minimum absolute atomic E-state index is 0.222. The van der Waals surface area contributed by atoms with Crippen molar-refractivity contribution in [2.24, 2.45) is 0 Å². The number of hydrogen-bond donors (Lipinski definition) is 4. The summed E-state index contributed by atoms with van der Waals surface area (Å²) in [6, 6.07) is 3.51. The molecule has 0 aliphatic carbocycles. The molecule has 166 valence electrons. The first kappa shape index (κ1) is 21.1. The Bertz CT molecular complexity index is 1080. The average molecular weight is 432 g/mol. The van der Waals surface area contributed by atoms with E-state index in [9.17, 15) is 15.3 Å². The minimum atomic E-state index is -1.28. The lowest BCUT2D eigenvalue weighted by molar-refractivity contribution is -0.0508. The summed E-state index contributed by atoms with van der Waals surface area (Å²) < 4.78 is 23.5. The molecule has 1 saturated heterocycles. The van der Waals surface area contributed by atoms with Crippen molar-refractivity contribution in [2.75, 3.05) is 33.7 Å². The van der Waals surface area contributed by atoms with Crippen LogP contribution in [0.25, 0.3) is 22.2 Å². The Hall–Kier alpha value is -3.12. The van der Waals surface area contributed by atoms with E-state index >= 15 is 0 Å². The molecule has 0 bridgehead atoms. The van der Waals surface area contributed by atoms with Gasteiger partial charge >= 0.3 is 0 Å². The number of hydrogen-bond acceptors (Lipinski definition) is 10. The summed E-state index contributed by atoms with van der Waals surface area (Å²) in [5.74, 6) is 1.55. The van der Waals surface area contributed by atoms with Crippen LogP contribution in [0.4, 0.5) is 5.82 Å². The predicted molar refractivity (Wildman–Crippen MR) is 110 cm³/mol. The van der Waals surface area contributed by atoms with E-state index < -0.39 is 31.1 Å². The van der Waals surface area contributed by atoms with Crippen molar-refractivity contribution in [1.82, 2.24) is 14.5 Å². The second-order valence-corrected chi connectivity index (χ2v) is 7.05. The maximum absolute atomic E-state index is 10.5. The molecule has 1 aliphatic rings. The molecule has 1 fully saturated rings. The number of nitrogens with two attached hydrogens (primary N) is 1. The number of rotatable bonds is 6. The third kappa shape index (κ3) is 3.31. The van der Waals surface area contributed by atoms with E-state index in [4.69, 9.17) is 24.7 Å². The van der Waals surface area contributed by atoms with E-state index in [1.807, 2.05) is 0 Å². The fourth-order valence-electron chi connectivity index (χ4n) is 3.87. The molecule has 1 aromatic carbocycles. The molecular weight excluding hydrogens is 408 g/mol. The summed E-state index contributed by atoms with van der Waals surface area (Å²) in [6.45, 7) is -0.440. The van der Waals surface area contributed by atoms with Gasteiger partial charge in [0.15, 0.2) is 17.7 Å². The van der Waals surface area contributed by atoms with Crippen molar-refractivity contribution < 1.29 is 34.3 Å². The number of methoxy groups -OCH3 is 3. The second-order valence-electron chi connectivity index (χ2n) is 7.05. The molecule has 0 radical (unpaired) electrons. The highest BCUT2D eigenvalue weighted by Gasteiger charge is 2.44. The molecule has 0 saturated carbocycles. The normalized spacial score (nSPS) is 23.3. The van der Waals surface area contributed by atoms with Gasteiger partial charge in [-0.3, -0.25) is 0 Å². The van der Waals surface area contributed by atoms with Crippen LogP contribution in [-0.4, -0.2) is 76.1 Å². The van der Waals surface area contributed by atoms with Gasteiger partial charge in [-0.15, -0.1) is 0 Å². The average Bonchev–Trinajstić information content (AvgIpc) is 3.31. The van der Waals surface area contributed by atoms with E-state index in [-0.39, 0.29) is 5.82 Å². The van der Waals surface area contributed by atoms with Crippen LogP contribution in [0.1, 0.15) is 6.23 Å². The van der Waals surface area contributed by atoms with Crippen molar-refractivity contribution in [3.8, 4) is 28.4 Å². The first-order valence-electron chi connectivity index (χ1n) is 9.49. The predicted octanol–water partition coefficient (Wildman–Crippen LogP) is 0.318. The van der Waals surface area contributed by atoms with Gasteiger partial charge in [-0.05, 0) is 17.7 Å². The standard InChI is InChI=1S/C20H24N4O7/c1-28-11-4-9(5-12(29-2)17(11)30-3)10-6-24(19-14(10)18(21)22-8-23-19)20-16(27)15(26)13(7-25)31-20/h4-6,8,13,15-16,20,25-27H,7H2,1-3H3,(H2,21,22,23)/t13-,15-,16-,20-/m1/s1. The van der Waals surface area contributed by atoms with Crippen LogP contribution < -0.4 is 19.9 Å². The van der Waals surface area contributed by atoms with E-state index in [1.165, 1.54) is 27.7 Å². The van der Waals surface area contributed by atoms with Gasteiger partial charge in [0.25, 0.3) is 0 Å². The number of nitrogens with zero attached hydrogens (tertiary/aromatic N) is 3. The zero-order valence-corrected chi connectivity index (χ0v) is 17.2. The molecule has 0 unspecified atom stereocenters. The Morgan fingerprint density at radius 2 is 1.74 bits per heavy atom. The molecule has 0 spiro atoms. The van der Waals surface area contributed by atoms with Crippen molar-refractivity contribution in [3.05, 3.63) is 24.7 Å². The SMILES string of the molecule is COc1cc(-c2cn([C@@H]3O[C@H](CO)[C@@H](O)[C@H]3O)c3ncnc(N)c23)cc(OC)c1OC. The summed E-state index contributed by atoms with van der Waals surface area (Å²) in [5.41, 5.74) is 7.87. The molecule has 1 aliphatic heterocycles. The van der Waals surface area contributed by atoms with Gasteiger partial charge in [0.05, 0.1) is 33.3 Å². The number of aromatic nitrogens is 3. The largest absolute Gasteiger partial charge is 0.493 e. The van der Waals surface area contributed by atoms with Crippen LogP contribution >= 0.6 is 0 Å². The molecule has 3 aromatic rings. The molecule has 4 rings (SSSR count). The Labute approximate surface area is 177 Å². The van der Waals surface area contributed by atoms with E-state index in [1.54, 1.807) is 22.9 Å². The van der Waals surface area contributed by atoms with Gasteiger partial charge in [0.1, 0.15) is 36.1 Å². The lowest BCUT2D eigenvalue weighted by atomic mass is 10.0. The number of ether oxygens (including phenoxy) is 4. The van der Waals surface area contributed by atoms with Gasteiger partial charge in [-0.1, -0.05) is 0 Å². The van der Waals surface area contributed by atoms with Gasteiger partial charge in [0.2, 0.25) is 5.75 Å². The number of benzene rings is 1. The zero-order valence-electron chi connectivity index (χ0n) is 17.2. The summed E-state index contributed by atoms with van der Waals surface area (Å²) in [6.07, 6.45) is -1.46. The third-order valence-corrected chi connectivity index (χ3v) is 5.41. The molecule has 5 N–H and O–H groups in total. The minimum Gasteiger partial charge on any atom is -0.493 e.